The van der Waals surface area contributed by atoms with Crippen molar-refractivity contribution in [2.24, 2.45) is 4.99 Å². The highest BCUT2D eigenvalue weighted by molar-refractivity contribution is 6.13. The molecule has 8 nitrogen and oxygen atoms in total. The summed E-state index contributed by atoms with van der Waals surface area (Å²) in [5.41, 5.74) is 1.49. The van der Waals surface area contributed by atoms with Gasteiger partial charge in [0.25, 0.3) is 5.69 Å². The number of aliphatic imine (C=N–C) groups is 1. The molecule has 0 aromatic heterocycles. The normalized spacial score (nSPS) is 14.6. The van der Waals surface area contributed by atoms with Crippen LogP contribution in [0.25, 0.3) is 6.08 Å². The first kappa shape index (κ1) is 19.0. The highest BCUT2D eigenvalue weighted by Crippen LogP contribution is 2.24. The van der Waals surface area contributed by atoms with Crippen LogP contribution in [0.5, 0.6) is 5.75 Å². The first-order chi connectivity index (χ1) is 13.4. The van der Waals surface area contributed by atoms with E-state index in [-0.39, 0.29) is 29.7 Å². The fraction of sp³-hybridized carbons (Fsp3) is 0.150. The maximum absolute atomic E-state index is 12.1. The van der Waals surface area contributed by atoms with Crippen LogP contribution < -0.4 is 4.74 Å². The monoisotopic (exact) mass is 380 g/mol. The second-order valence-electron chi connectivity index (χ2n) is 5.99. The Morgan fingerprint density at radius 2 is 1.96 bits per heavy atom. The third-order valence-corrected chi connectivity index (χ3v) is 3.98. The summed E-state index contributed by atoms with van der Waals surface area (Å²) in [5.74, 6) is -0.585. The van der Waals surface area contributed by atoms with Crippen LogP contribution in [0.2, 0.25) is 0 Å². The second kappa shape index (κ2) is 7.83. The van der Waals surface area contributed by atoms with Gasteiger partial charge < -0.3 is 9.47 Å². The molecule has 0 saturated heterocycles. The van der Waals surface area contributed by atoms with E-state index in [0.29, 0.717) is 22.4 Å². The number of nitrogens with zero attached hydrogens (tertiary/aromatic N) is 2. The van der Waals surface area contributed by atoms with Gasteiger partial charge in [-0.3, -0.25) is 14.9 Å². The summed E-state index contributed by atoms with van der Waals surface area (Å²) in [6.45, 7) is 3.32. The smallest absolute Gasteiger partial charge is 0.363 e. The Bertz CT molecular complexity index is 1020. The summed E-state index contributed by atoms with van der Waals surface area (Å²) in [7, 11) is 0. The predicted molar refractivity (Wildman–Crippen MR) is 101 cm³/mol. The summed E-state index contributed by atoms with van der Waals surface area (Å²) in [4.78, 5) is 38.1. The van der Waals surface area contributed by atoms with Crippen LogP contribution in [0.3, 0.4) is 0 Å². The van der Waals surface area contributed by atoms with E-state index < -0.39 is 10.9 Å². The minimum atomic E-state index is -0.653. The molecule has 0 aliphatic carbocycles. The van der Waals surface area contributed by atoms with Crippen LogP contribution in [0.4, 0.5) is 5.69 Å². The molecule has 2 aromatic carbocycles. The lowest BCUT2D eigenvalue weighted by Crippen LogP contribution is -2.06. The van der Waals surface area contributed by atoms with E-state index in [2.05, 4.69) is 4.99 Å². The van der Waals surface area contributed by atoms with Crippen molar-refractivity contribution in [1.29, 1.82) is 0 Å². The first-order valence-electron chi connectivity index (χ1n) is 8.46. The van der Waals surface area contributed by atoms with Gasteiger partial charge in [-0.15, -0.1) is 0 Å². The first-order valence-corrected chi connectivity index (χ1v) is 8.46. The Morgan fingerprint density at radius 1 is 1.25 bits per heavy atom. The highest BCUT2D eigenvalue weighted by Gasteiger charge is 2.25. The molecule has 28 heavy (non-hydrogen) atoms. The van der Waals surface area contributed by atoms with Gasteiger partial charge in [0.2, 0.25) is 5.90 Å². The summed E-state index contributed by atoms with van der Waals surface area (Å²) in [6, 6.07) is 11.0. The van der Waals surface area contributed by atoms with Crippen molar-refractivity contribution in [3.05, 3.63) is 75.0 Å². The SMILES string of the molecule is CCC(=O)Oc1ccc(/C=C2\N=C(c3ccc(C)c([N+](=O)[O-])c3)OC2=O)cc1. The Morgan fingerprint density at radius 3 is 2.61 bits per heavy atom. The largest absolute Gasteiger partial charge is 0.427 e. The van der Waals surface area contributed by atoms with Crippen molar-refractivity contribution in [2.45, 2.75) is 20.3 Å². The van der Waals surface area contributed by atoms with Crippen molar-refractivity contribution in [1.82, 2.24) is 0 Å². The van der Waals surface area contributed by atoms with E-state index in [1.54, 1.807) is 50.2 Å². The molecule has 0 N–H and O–H groups in total. The average molecular weight is 380 g/mol. The minimum absolute atomic E-state index is 0.00726. The van der Waals surface area contributed by atoms with E-state index in [1.165, 1.54) is 12.1 Å². The minimum Gasteiger partial charge on any atom is -0.427 e. The van der Waals surface area contributed by atoms with E-state index in [9.17, 15) is 19.7 Å². The number of ether oxygens (including phenoxy) is 2. The molecule has 0 spiro atoms. The van der Waals surface area contributed by atoms with Crippen molar-refractivity contribution in [3.8, 4) is 5.75 Å². The van der Waals surface area contributed by atoms with Gasteiger partial charge in [-0.2, -0.15) is 0 Å². The van der Waals surface area contributed by atoms with Gasteiger partial charge >= 0.3 is 11.9 Å². The lowest BCUT2D eigenvalue weighted by molar-refractivity contribution is -0.385. The van der Waals surface area contributed by atoms with Gasteiger partial charge in [0.1, 0.15) is 5.75 Å². The van der Waals surface area contributed by atoms with E-state index in [1.807, 2.05) is 0 Å². The third-order valence-electron chi connectivity index (χ3n) is 3.98. The number of aryl methyl sites for hydroxylation is 1. The number of carbonyl (C=O) groups excluding carboxylic acids is 2. The molecule has 142 valence electrons. The number of carbonyl (C=O) groups is 2. The molecular weight excluding hydrogens is 364 g/mol. The van der Waals surface area contributed by atoms with Crippen LogP contribution in [0.15, 0.2) is 53.2 Å². The van der Waals surface area contributed by atoms with Crippen molar-refractivity contribution in [2.75, 3.05) is 0 Å². The van der Waals surface area contributed by atoms with E-state index >= 15 is 0 Å². The number of hydrogen-bond acceptors (Lipinski definition) is 7. The molecule has 0 fully saturated rings. The predicted octanol–water partition coefficient (Wildman–Crippen LogP) is 3.56. The summed E-state index contributed by atoms with van der Waals surface area (Å²) in [6.07, 6.45) is 1.79. The number of nitro groups is 1. The Balaban J connectivity index is 1.84. The molecule has 0 bridgehead atoms. The van der Waals surface area contributed by atoms with Gasteiger partial charge in [0.15, 0.2) is 5.70 Å². The number of rotatable bonds is 5. The van der Waals surface area contributed by atoms with Crippen LogP contribution >= 0.6 is 0 Å². The van der Waals surface area contributed by atoms with Gasteiger partial charge in [-0.1, -0.05) is 25.1 Å². The van der Waals surface area contributed by atoms with Crippen LogP contribution in [0, 0.1) is 17.0 Å². The van der Waals surface area contributed by atoms with Crippen molar-refractivity contribution >= 4 is 29.6 Å². The third kappa shape index (κ3) is 4.12. The molecule has 0 saturated carbocycles. The lowest BCUT2D eigenvalue weighted by Gasteiger charge is -2.02. The molecule has 0 atom stereocenters. The van der Waals surface area contributed by atoms with Gasteiger partial charge in [-0.25, -0.2) is 9.79 Å². The number of hydrogen-bond donors (Lipinski definition) is 0. The average Bonchev–Trinajstić information content (AvgIpc) is 3.03. The van der Waals surface area contributed by atoms with Crippen LogP contribution in [-0.2, 0) is 14.3 Å². The van der Waals surface area contributed by atoms with Crippen molar-refractivity contribution < 1.29 is 24.0 Å². The molecule has 0 unspecified atom stereocenters. The topological polar surface area (TPSA) is 108 Å². The number of cyclic esters (lactones) is 1. The lowest BCUT2D eigenvalue weighted by atomic mass is 10.1. The summed E-state index contributed by atoms with van der Waals surface area (Å²) < 4.78 is 10.2. The van der Waals surface area contributed by atoms with Crippen LogP contribution in [-0.4, -0.2) is 22.8 Å². The quantitative estimate of drug-likeness (QED) is 0.258. The molecule has 0 radical (unpaired) electrons. The Kier molecular flexibility index (Phi) is 5.30. The standard InChI is InChI=1S/C20H16N2O6/c1-3-18(23)27-15-8-5-13(6-9-15)10-16-20(24)28-19(21-16)14-7-4-12(2)17(11-14)22(25)26/h4-11H,3H2,1-2H3/b16-10-. The Hall–Kier alpha value is -3.81. The summed E-state index contributed by atoms with van der Waals surface area (Å²) in [5, 5.41) is 11.1. The molecule has 1 heterocycles. The zero-order chi connectivity index (χ0) is 20.3. The zero-order valence-corrected chi connectivity index (χ0v) is 15.2. The molecular formula is C20H16N2O6. The van der Waals surface area contributed by atoms with E-state index in [4.69, 9.17) is 9.47 Å². The molecule has 3 rings (SSSR count). The molecule has 2 aromatic rings. The molecule has 1 aliphatic rings. The van der Waals surface area contributed by atoms with E-state index in [0.717, 1.165) is 0 Å². The number of benzene rings is 2. The number of nitro benzene ring substituents is 1. The highest BCUT2D eigenvalue weighted by atomic mass is 16.6. The molecule has 0 amide bonds. The van der Waals surface area contributed by atoms with Crippen molar-refractivity contribution in [3.63, 3.8) is 0 Å². The zero-order valence-electron chi connectivity index (χ0n) is 15.2. The fourth-order valence-electron chi connectivity index (χ4n) is 2.47. The van der Waals surface area contributed by atoms with Gasteiger partial charge in [0.05, 0.1) is 4.92 Å². The molecule has 8 heteroatoms. The summed E-state index contributed by atoms with van der Waals surface area (Å²) >= 11 is 0. The molecule has 1 aliphatic heterocycles. The number of esters is 2. The van der Waals surface area contributed by atoms with Crippen LogP contribution in [0.1, 0.15) is 30.0 Å². The maximum Gasteiger partial charge on any atom is 0.363 e. The Labute approximate surface area is 160 Å². The van der Waals surface area contributed by atoms with Gasteiger partial charge in [0, 0.05) is 23.6 Å². The fourth-order valence-corrected chi connectivity index (χ4v) is 2.47. The maximum atomic E-state index is 12.1. The van der Waals surface area contributed by atoms with Gasteiger partial charge in [-0.05, 0) is 36.8 Å². The second-order valence-corrected chi connectivity index (χ2v) is 5.99.